The molecule has 0 radical (unpaired) electrons. The molecule has 0 bridgehead atoms. The van der Waals surface area contributed by atoms with Crippen molar-refractivity contribution in [3.63, 3.8) is 0 Å². The lowest BCUT2D eigenvalue weighted by molar-refractivity contribution is -0.111. The number of rotatable bonds is 4. The maximum Gasteiger partial charge on any atom is 0.408 e. The van der Waals surface area contributed by atoms with Crippen LogP contribution in [0.4, 0.5) is 4.79 Å². The number of hydrogen-bond donors (Lipinski definition) is 1. The van der Waals surface area contributed by atoms with Gasteiger partial charge in [-0.15, -0.1) is 0 Å². The molecule has 4 nitrogen and oxygen atoms in total. The van der Waals surface area contributed by atoms with Gasteiger partial charge in [-0.1, -0.05) is 30.7 Å². The van der Waals surface area contributed by atoms with Crippen molar-refractivity contribution >= 4 is 24.0 Å². The van der Waals surface area contributed by atoms with E-state index in [1.807, 2.05) is 6.07 Å². The summed E-state index contributed by atoms with van der Waals surface area (Å²) in [6, 6.07) is 6.58. The van der Waals surface area contributed by atoms with Crippen LogP contribution in [-0.4, -0.2) is 18.0 Å². The minimum Gasteiger partial charge on any atom is -0.444 e. The van der Waals surface area contributed by atoms with Crippen LogP contribution in [0.25, 0.3) is 0 Å². The number of carbonyl (C=O) groups excluding carboxylic acids is 2. The Kier molecular flexibility index (Phi) is 5.57. The topological polar surface area (TPSA) is 55.4 Å². The second-order valence-electron chi connectivity index (χ2n) is 5.67. The van der Waals surface area contributed by atoms with Gasteiger partial charge < -0.3 is 14.8 Å². The fourth-order valence-electron chi connectivity index (χ4n) is 1.73. The Morgan fingerprint density at radius 2 is 2.05 bits per heavy atom. The summed E-state index contributed by atoms with van der Waals surface area (Å²) in [5.41, 5.74) is 0.177. The predicted molar refractivity (Wildman–Crippen MR) is 78.8 cm³/mol. The molecule has 0 heterocycles. The number of aldehydes is 1. The van der Waals surface area contributed by atoms with E-state index >= 15 is 0 Å². The van der Waals surface area contributed by atoms with Gasteiger partial charge >= 0.3 is 6.09 Å². The van der Waals surface area contributed by atoms with Crippen LogP contribution in [0.15, 0.2) is 24.3 Å². The zero-order chi connectivity index (χ0) is 15.3. The molecule has 0 aliphatic heterocycles. The smallest absolute Gasteiger partial charge is 0.408 e. The van der Waals surface area contributed by atoms with Gasteiger partial charge in [0.05, 0.1) is 6.04 Å². The van der Waals surface area contributed by atoms with E-state index in [4.69, 9.17) is 16.3 Å². The molecule has 0 saturated carbocycles. The lowest BCUT2D eigenvalue weighted by Gasteiger charge is -2.25. The SMILES string of the molecule is C[C@H](C=O)[C@H](NC(=O)OC(C)(C)C)c1cccc(Cl)c1. The zero-order valence-electron chi connectivity index (χ0n) is 12.1. The Balaban J connectivity index is 2.91. The number of benzene rings is 1. The second-order valence-corrected chi connectivity index (χ2v) is 6.11. The van der Waals surface area contributed by atoms with Gasteiger partial charge in [0.25, 0.3) is 0 Å². The summed E-state index contributed by atoms with van der Waals surface area (Å²) in [5, 5.41) is 3.27. The minimum atomic E-state index is -0.590. The molecule has 0 spiro atoms. The van der Waals surface area contributed by atoms with Crippen LogP contribution in [0, 0.1) is 5.92 Å². The Bertz CT molecular complexity index is 482. The normalized spacial score (nSPS) is 14.2. The highest BCUT2D eigenvalue weighted by Crippen LogP contribution is 2.24. The van der Waals surface area contributed by atoms with Crippen LogP contribution < -0.4 is 5.32 Å². The number of nitrogens with one attached hydrogen (secondary N) is 1. The molecule has 0 saturated heterocycles. The maximum absolute atomic E-state index is 11.9. The fourth-order valence-corrected chi connectivity index (χ4v) is 1.93. The molecule has 0 aromatic heterocycles. The van der Waals surface area contributed by atoms with E-state index in [0.717, 1.165) is 11.8 Å². The number of amides is 1. The molecule has 1 rings (SSSR count). The number of halogens is 1. The van der Waals surface area contributed by atoms with Gasteiger partial charge in [0, 0.05) is 10.9 Å². The number of carbonyl (C=O) groups is 2. The molecule has 1 amide bonds. The van der Waals surface area contributed by atoms with E-state index in [-0.39, 0.29) is 5.92 Å². The van der Waals surface area contributed by atoms with Gasteiger partial charge in [0.2, 0.25) is 0 Å². The molecular weight excluding hydrogens is 278 g/mol. The molecule has 1 aromatic rings. The summed E-state index contributed by atoms with van der Waals surface area (Å²) in [5.74, 6) is -0.388. The number of hydrogen-bond acceptors (Lipinski definition) is 3. The van der Waals surface area contributed by atoms with Crippen LogP contribution in [0.2, 0.25) is 5.02 Å². The van der Waals surface area contributed by atoms with E-state index in [1.165, 1.54) is 0 Å². The highest BCUT2D eigenvalue weighted by atomic mass is 35.5. The highest BCUT2D eigenvalue weighted by Gasteiger charge is 2.24. The summed E-state index contributed by atoms with van der Waals surface area (Å²) in [6.07, 6.45) is 0.235. The molecule has 1 aromatic carbocycles. The number of alkyl carbamates (subject to hydrolysis) is 1. The molecule has 1 N–H and O–H groups in total. The van der Waals surface area contributed by atoms with Crippen LogP contribution >= 0.6 is 11.6 Å². The van der Waals surface area contributed by atoms with Gasteiger partial charge in [0.1, 0.15) is 11.9 Å². The average molecular weight is 298 g/mol. The average Bonchev–Trinajstić information content (AvgIpc) is 2.33. The van der Waals surface area contributed by atoms with Crippen molar-refractivity contribution in [3.8, 4) is 0 Å². The standard InChI is InChI=1S/C15H20ClNO3/c1-10(9-18)13(11-6-5-7-12(16)8-11)17-14(19)20-15(2,3)4/h5-10,13H,1-4H3,(H,17,19)/t10-,13+/m1/s1. The summed E-state index contributed by atoms with van der Waals surface area (Å²) >= 11 is 5.95. The van der Waals surface area contributed by atoms with E-state index < -0.39 is 17.7 Å². The van der Waals surface area contributed by atoms with Crippen LogP contribution in [0.1, 0.15) is 39.3 Å². The molecule has 0 aliphatic rings. The van der Waals surface area contributed by atoms with Crippen molar-refractivity contribution in [2.45, 2.75) is 39.3 Å². The third-order valence-electron chi connectivity index (χ3n) is 2.62. The minimum absolute atomic E-state index is 0.388. The van der Waals surface area contributed by atoms with Crippen molar-refractivity contribution in [2.75, 3.05) is 0 Å². The van der Waals surface area contributed by atoms with E-state index in [1.54, 1.807) is 45.9 Å². The number of ether oxygens (including phenoxy) is 1. The van der Waals surface area contributed by atoms with Gasteiger partial charge in [-0.2, -0.15) is 0 Å². The molecule has 20 heavy (non-hydrogen) atoms. The first-order valence-corrected chi connectivity index (χ1v) is 6.81. The van der Waals surface area contributed by atoms with Crippen molar-refractivity contribution in [2.24, 2.45) is 5.92 Å². The highest BCUT2D eigenvalue weighted by molar-refractivity contribution is 6.30. The Labute approximate surface area is 124 Å². The Morgan fingerprint density at radius 1 is 1.40 bits per heavy atom. The maximum atomic E-state index is 11.9. The summed E-state index contributed by atoms with van der Waals surface area (Å²) in [6.45, 7) is 7.08. The van der Waals surface area contributed by atoms with Gasteiger partial charge in [-0.3, -0.25) is 0 Å². The fraction of sp³-hybridized carbons (Fsp3) is 0.467. The predicted octanol–water partition coefficient (Wildman–Crippen LogP) is 3.74. The largest absolute Gasteiger partial charge is 0.444 e. The molecular formula is C15H20ClNO3. The lowest BCUT2D eigenvalue weighted by Crippen LogP contribution is -2.37. The van der Waals surface area contributed by atoms with Crippen molar-refractivity contribution < 1.29 is 14.3 Å². The third-order valence-corrected chi connectivity index (χ3v) is 2.86. The van der Waals surface area contributed by atoms with Gasteiger partial charge in [-0.25, -0.2) is 4.79 Å². The Morgan fingerprint density at radius 3 is 2.55 bits per heavy atom. The third kappa shape index (κ3) is 5.21. The summed E-state index contributed by atoms with van der Waals surface area (Å²) in [4.78, 5) is 22.9. The lowest BCUT2D eigenvalue weighted by atomic mass is 9.96. The van der Waals surface area contributed by atoms with Crippen molar-refractivity contribution in [3.05, 3.63) is 34.9 Å². The zero-order valence-corrected chi connectivity index (χ0v) is 12.9. The van der Waals surface area contributed by atoms with E-state index in [9.17, 15) is 9.59 Å². The first-order valence-electron chi connectivity index (χ1n) is 6.43. The molecule has 110 valence electrons. The molecule has 2 atom stereocenters. The first kappa shape index (κ1) is 16.5. The van der Waals surface area contributed by atoms with E-state index in [0.29, 0.717) is 5.02 Å². The van der Waals surface area contributed by atoms with Crippen molar-refractivity contribution in [1.29, 1.82) is 0 Å². The quantitative estimate of drug-likeness (QED) is 0.861. The molecule has 0 aliphatic carbocycles. The first-order chi connectivity index (χ1) is 9.23. The molecule has 0 unspecified atom stereocenters. The molecule has 0 fully saturated rings. The Hall–Kier alpha value is -1.55. The van der Waals surface area contributed by atoms with Crippen LogP contribution in [-0.2, 0) is 9.53 Å². The van der Waals surface area contributed by atoms with Crippen LogP contribution in [0.3, 0.4) is 0 Å². The summed E-state index contributed by atoms with van der Waals surface area (Å²) in [7, 11) is 0. The monoisotopic (exact) mass is 297 g/mol. The van der Waals surface area contributed by atoms with Crippen LogP contribution in [0.5, 0.6) is 0 Å². The second kappa shape index (κ2) is 6.75. The van der Waals surface area contributed by atoms with Gasteiger partial charge in [0.15, 0.2) is 0 Å². The summed E-state index contributed by atoms with van der Waals surface area (Å²) < 4.78 is 5.22. The van der Waals surface area contributed by atoms with Crippen molar-refractivity contribution in [1.82, 2.24) is 5.32 Å². The van der Waals surface area contributed by atoms with E-state index in [2.05, 4.69) is 5.32 Å². The van der Waals surface area contributed by atoms with Gasteiger partial charge in [-0.05, 0) is 38.5 Å². The molecule has 5 heteroatoms.